The third-order valence-corrected chi connectivity index (χ3v) is 3.57. The molecule has 6 heteroatoms. The van der Waals surface area contributed by atoms with Crippen LogP contribution in [-0.2, 0) is 10.1 Å². The van der Waals surface area contributed by atoms with Crippen molar-refractivity contribution in [1.82, 2.24) is 4.98 Å². The summed E-state index contributed by atoms with van der Waals surface area (Å²) in [5.74, 6) is 1.38. The van der Waals surface area contributed by atoms with Gasteiger partial charge in [0.15, 0.2) is 0 Å². The molecule has 1 heterocycles. The van der Waals surface area contributed by atoms with E-state index < -0.39 is 10.1 Å². The minimum absolute atomic E-state index is 0.135. The van der Waals surface area contributed by atoms with Crippen LogP contribution in [0.5, 0.6) is 0 Å². The Morgan fingerprint density at radius 3 is 2.69 bits per heavy atom. The molecule has 0 spiro atoms. The topological polar surface area (TPSA) is 79.3 Å². The molecule has 0 aromatic carbocycles. The first-order chi connectivity index (χ1) is 7.47. The third kappa shape index (κ3) is 2.70. The van der Waals surface area contributed by atoms with E-state index in [1.54, 1.807) is 13.0 Å². The van der Waals surface area contributed by atoms with Crippen LogP contribution in [0.2, 0.25) is 0 Å². The molecule has 1 saturated carbocycles. The molecule has 16 heavy (non-hydrogen) atoms. The van der Waals surface area contributed by atoms with Gasteiger partial charge in [0.1, 0.15) is 10.7 Å². The Bertz CT molecular complexity index is 495. The quantitative estimate of drug-likeness (QED) is 0.781. The minimum atomic E-state index is -4.16. The summed E-state index contributed by atoms with van der Waals surface area (Å²) in [6.45, 7) is 2.43. The van der Waals surface area contributed by atoms with Gasteiger partial charge in [0.2, 0.25) is 0 Å². The second-order valence-electron chi connectivity index (χ2n) is 4.08. The van der Waals surface area contributed by atoms with Crippen molar-refractivity contribution in [3.8, 4) is 0 Å². The van der Waals surface area contributed by atoms with Gasteiger partial charge in [-0.2, -0.15) is 8.42 Å². The summed E-state index contributed by atoms with van der Waals surface area (Å²) in [6.07, 6.45) is 2.49. The van der Waals surface area contributed by atoms with E-state index in [1.165, 1.54) is 18.9 Å². The SMILES string of the molecule is Cc1nc(NCC2CC2)ccc1S(=O)(=O)O. The summed E-state index contributed by atoms with van der Waals surface area (Å²) in [7, 11) is -4.16. The van der Waals surface area contributed by atoms with E-state index in [0.717, 1.165) is 12.5 Å². The zero-order valence-corrected chi connectivity index (χ0v) is 9.79. The molecule has 0 bridgehead atoms. The number of rotatable bonds is 4. The molecule has 2 N–H and O–H groups in total. The van der Waals surface area contributed by atoms with Gasteiger partial charge in [-0.1, -0.05) is 0 Å². The molecule has 1 aliphatic rings. The van der Waals surface area contributed by atoms with Crippen molar-refractivity contribution in [2.45, 2.75) is 24.7 Å². The summed E-state index contributed by atoms with van der Waals surface area (Å²) in [4.78, 5) is 3.95. The maximum Gasteiger partial charge on any atom is 0.296 e. The molecule has 0 atom stereocenters. The van der Waals surface area contributed by atoms with Crippen molar-refractivity contribution < 1.29 is 13.0 Å². The highest BCUT2D eigenvalue weighted by Gasteiger charge is 2.21. The van der Waals surface area contributed by atoms with Crippen molar-refractivity contribution in [3.63, 3.8) is 0 Å². The minimum Gasteiger partial charge on any atom is -0.370 e. The molecule has 0 amide bonds. The lowest BCUT2D eigenvalue weighted by atomic mass is 10.3. The van der Waals surface area contributed by atoms with E-state index in [9.17, 15) is 8.42 Å². The largest absolute Gasteiger partial charge is 0.370 e. The van der Waals surface area contributed by atoms with Crippen LogP contribution in [0.3, 0.4) is 0 Å². The maximum atomic E-state index is 10.9. The molecule has 0 radical (unpaired) electrons. The Morgan fingerprint density at radius 2 is 2.19 bits per heavy atom. The van der Waals surface area contributed by atoms with E-state index in [2.05, 4.69) is 10.3 Å². The van der Waals surface area contributed by atoms with Crippen LogP contribution in [0, 0.1) is 12.8 Å². The highest BCUT2D eigenvalue weighted by Crippen LogP contribution is 2.28. The van der Waals surface area contributed by atoms with Crippen molar-refractivity contribution in [3.05, 3.63) is 17.8 Å². The predicted molar refractivity (Wildman–Crippen MR) is 60.0 cm³/mol. The number of aryl methyl sites for hydroxylation is 1. The molecule has 2 rings (SSSR count). The van der Waals surface area contributed by atoms with E-state index in [0.29, 0.717) is 11.5 Å². The van der Waals surface area contributed by atoms with Gasteiger partial charge in [-0.05, 0) is 37.8 Å². The average Bonchev–Trinajstić information content (AvgIpc) is 2.96. The fourth-order valence-corrected chi connectivity index (χ4v) is 2.15. The van der Waals surface area contributed by atoms with E-state index >= 15 is 0 Å². The number of pyridine rings is 1. The van der Waals surface area contributed by atoms with Gasteiger partial charge < -0.3 is 5.32 Å². The van der Waals surface area contributed by atoms with Gasteiger partial charge in [0.25, 0.3) is 10.1 Å². The van der Waals surface area contributed by atoms with Crippen LogP contribution < -0.4 is 5.32 Å². The number of aromatic nitrogens is 1. The molecule has 1 fully saturated rings. The fourth-order valence-electron chi connectivity index (χ4n) is 1.49. The molecule has 0 aliphatic heterocycles. The predicted octanol–water partition coefficient (Wildman–Crippen LogP) is 1.46. The summed E-state index contributed by atoms with van der Waals surface area (Å²) in [5, 5.41) is 3.14. The standard InChI is InChI=1S/C10H14N2O3S/c1-7-9(16(13,14)15)4-5-10(12-7)11-6-8-2-3-8/h4-5,8H,2-3,6H2,1H3,(H,11,12)(H,13,14,15). The lowest BCUT2D eigenvalue weighted by molar-refractivity contribution is 0.482. The zero-order valence-electron chi connectivity index (χ0n) is 8.97. The summed E-state index contributed by atoms with van der Waals surface area (Å²) < 4.78 is 30.8. The first-order valence-electron chi connectivity index (χ1n) is 5.16. The average molecular weight is 242 g/mol. The number of anilines is 1. The smallest absolute Gasteiger partial charge is 0.296 e. The number of nitrogens with zero attached hydrogens (tertiary/aromatic N) is 1. The van der Waals surface area contributed by atoms with Crippen LogP contribution in [0.1, 0.15) is 18.5 Å². The lowest BCUT2D eigenvalue weighted by Crippen LogP contribution is -2.08. The first kappa shape index (κ1) is 11.3. The molecule has 88 valence electrons. The Kier molecular flexibility index (Phi) is 2.86. The van der Waals surface area contributed by atoms with Crippen LogP contribution >= 0.6 is 0 Å². The fraction of sp³-hybridized carbons (Fsp3) is 0.500. The number of nitrogens with one attached hydrogen (secondary N) is 1. The van der Waals surface area contributed by atoms with Crippen molar-refractivity contribution >= 4 is 15.9 Å². The monoisotopic (exact) mass is 242 g/mol. The molecular weight excluding hydrogens is 228 g/mol. The van der Waals surface area contributed by atoms with E-state index in [4.69, 9.17) is 4.55 Å². The van der Waals surface area contributed by atoms with Crippen molar-refractivity contribution in [2.75, 3.05) is 11.9 Å². The molecule has 1 aromatic rings. The van der Waals surface area contributed by atoms with Crippen LogP contribution in [0.4, 0.5) is 5.82 Å². The second kappa shape index (κ2) is 4.03. The van der Waals surface area contributed by atoms with Crippen LogP contribution in [-0.4, -0.2) is 24.5 Å². The van der Waals surface area contributed by atoms with Crippen LogP contribution in [0.15, 0.2) is 17.0 Å². The maximum absolute atomic E-state index is 10.9. The Balaban J connectivity index is 2.15. The number of hydrogen-bond donors (Lipinski definition) is 2. The Labute approximate surface area is 94.6 Å². The Morgan fingerprint density at radius 1 is 1.50 bits per heavy atom. The highest BCUT2D eigenvalue weighted by molar-refractivity contribution is 7.85. The van der Waals surface area contributed by atoms with Gasteiger partial charge in [0.05, 0.1) is 5.69 Å². The van der Waals surface area contributed by atoms with Gasteiger partial charge in [-0.25, -0.2) is 4.98 Å². The summed E-state index contributed by atoms with van der Waals surface area (Å²) >= 11 is 0. The van der Waals surface area contributed by atoms with Crippen molar-refractivity contribution in [1.29, 1.82) is 0 Å². The second-order valence-corrected chi connectivity index (χ2v) is 5.47. The highest BCUT2D eigenvalue weighted by atomic mass is 32.2. The summed E-state index contributed by atoms with van der Waals surface area (Å²) in [6, 6.07) is 2.94. The first-order valence-corrected chi connectivity index (χ1v) is 6.60. The van der Waals surface area contributed by atoms with E-state index in [-0.39, 0.29) is 4.90 Å². The lowest BCUT2D eigenvalue weighted by Gasteiger charge is -2.07. The number of hydrogen-bond acceptors (Lipinski definition) is 4. The van der Waals surface area contributed by atoms with Gasteiger partial charge in [-0.15, -0.1) is 0 Å². The van der Waals surface area contributed by atoms with Crippen LogP contribution in [0.25, 0.3) is 0 Å². The van der Waals surface area contributed by atoms with Crippen molar-refractivity contribution in [2.24, 2.45) is 5.92 Å². The van der Waals surface area contributed by atoms with Gasteiger partial charge in [0, 0.05) is 6.54 Å². The molecule has 0 saturated heterocycles. The summed E-state index contributed by atoms with van der Waals surface area (Å²) in [5.41, 5.74) is 0.309. The molecule has 0 unspecified atom stereocenters. The zero-order chi connectivity index (χ0) is 11.8. The normalized spacial score (nSPS) is 16.1. The molecule has 1 aromatic heterocycles. The molecule has 5 nitrogen and oxygen atoms in total. The van der Waals surface area contributed by atoms with Gasteiger partial charge >= 0.3 is 0 Å². The Hall–Kier alpha value is -1.14. The van der Waals surface area contributed by atoms with Gasteiger partial charge in [-0.3, -0.25) is 4.55 Å². The molecule has 1 aliphatic carbocycles. The third-order valence-electron chi connectivity index (χ3n) is 2.58. The molecular formula is C10H14N2O3S. The van der Waals surface area contributed by atoms with E-state index in [1.807, 2.05) is 0 Å².